The number of hydrogen-bond donors (Lipinski definition) is 2. The van der Waals surface area contributed by atoms with Gasteiger partial charge >= 0.3 is 6.03 Å². The lowest BCUT2D eigenvalue weighted by Gasteiger charge is -2.30. The molecule has 6 heteroatoms. The Balaban J connectivity index is 1.71. The molecule has 3 rings (SSSR count). The SMILES string of the molecule is COc1cc([C@H](C)NC(=O)NC2CCN(C)CC2)c2ccccc2n1. The van der Waals surface area contributed by atoms with Crippen molar-refractivity contribution in [2.45, 2.75) is 31.8 Å². The average Bonchev–Trinajstić information content (AvgIpc) is 2.62. The van der Waals surface area contributed by atoms with Crippen LogP contribution in [0.5, 0.6) is 5.88 Å². The number of nitrogens with one attached hydrogen (secondary N) is 2. The van der Waals surface area contributed by atoms with Crippen LogP contribution in [0.2, 0.25) is 0 Å². The summed E-state index contributed by atoms with van der Waals surface area (Å²) in [6.07, 6.45) is 1.98. The molecule has 1 aromatic carbocycles. The molecule has 0 radical (unpaired) electrons. The highest BCUT2D eigenvalue weighted by Crippen LogP contribution is 2.26. The van der Waals surface area contributed by atoms with E-state index in [1.165, 1.54) is 0 Å². The van der Waals surface area contributed by atoms with Crippen LogP contribution in [-0.2, 0) is 0 Å². The van der Waals surface area contributed by atoms with Gasteiger partial charge in [-0.3, -0.25) is 0 Å². The van der Waals surface area contributed by atoms with Crippen molar-refractivity contribution in [1.82, 2.24) is 20.5 Å². The lowest BCUT2D eigenvalue weighted by molar-refractivity contribution is 0.212. The second-order valence-corrected chi connectivity index (χ2v) is 6.69. The molecule has 0 saturated carbocycles. The summed E-state index contributed by atoms with van der Waals surface area (Å²) in [6, 6.07) is 9.76. The molecule has 0 unspecified atom stereocenters. The van der Waals surface area contributed by atoms with Crippen molar-refractivity contribution < 1.29 is 9.53 Å². The maximum atomic E-state index is 12.4. The summed E-state index contributed by atoms with van der Waals surface area (Å²) in [7, 11) is 3.71. The second kappa shape index (κ2) is 7.70. The highest BCUT2D eigenvalue weighted by molar-refractivity contribution is 5.84. The molecule has 1 aromatic heterocycles. The number of carbonyl (C=O) groups is 1. The molecular formula is C19H26N4O2. The zero-order valence-electron chi connectivity index (χ0n) is 15.1. The minimum atomic E-state index is -0.145. The van der Waals surface area contributed by atoms with E-state index in [2.05, 4.69) is 27.6 Å². The number of nitrogens with zero attached hydrogens (tertiary/aromatic N) is 2. The van der Waals surface area contributed by atoms with E-state index in [1.54, 1.807) is 7.11 Å². The van der Waals surface area contributed by atoms with E-state index in [4.69, 9.17) is 4.74 Å². The number of benzene rings is 1. The summed E-state index contributed by atoms with van der Waals surface area (Å²) in [4.78, 5) is 19.1. The Morgan fingerprint density at radius 2 is 2.04 bits per heavy atom. The minimum absolute atomic E-state index is 0.123. The topological polar surface area (TPSA) is 66.5 Å². The average molecular weight is 342 g/mol. The van der Waals surface area contributed by atoms with Crippen molar-refractivity contribution in [2.24, 2.45) is 0 Å². The molecule has 1 aliphatic heterocycles. The molecule has 0 spiro atoms. The monoisotopic (exact) mass is 342 g/mol. The third-order valence-electron chi connectivity index (χ3n) is 4.80. The standard InChI is InChI=1S/C19H26N4O2/c1-13(20-19(24)21-14-8-10-23(2)11-9-14)16-12-18(25-3)22-17-7-5-4-6-15(16)17/h4-7,12-14H,8-11H2,1-3H3,(H2,20,21,24)/t13-/m0/s1. The molecule has 1 fully saturated rings. The number of aromatic nitrogens is 1. The van der Waals surface area contributed by atoms with Crippen molar-refractivity contribution in [3.63, 3.8) is 0 Å². The van der Waals surface area contributed by atoms with Gasteiger partial charge in [-0.2, -0.15) is 0 Å². The highest BCUT2D eigenvalue weighted by Gasteiger charge is 2.20. The van der Waals surface area contributed by atoms with Crippen molar-refractivity contribution >= 4 is 16.9 Å². The number of amides is 2. The molecule has 2 aromatic rings. The highest BCUT2D eigenvalue weighted by atomic mass is 16.5. The summed E-state index contributed by atoms with van der Waals surface area (Å²) in [5.41, 5.74) is 1.86. The molecule has 1 atom stereocenters. The van der Waals surface area contributed by atoms with Crippen molar-refractivity contribution in [3.05, 3.63) is 35.9 Å². The summed E-state index contributed by atoms with van der Waals surface area (Å²) >= 11 is 0. The maximum Gasteiger partial charge on any atom is 0.315 e. The quantitative estimate of drug-likeness (QED) is 0.896. The molecule has 2 N–H and O–H groups in total. The first kappa shape index (κ1) is 17.5. The number of hydrogen-bond acceptors (Lipinski definition) is 4. The van der Waals surface area contributed by atoms with E-state index >= 15 is 0 Å². The van der Waals surface area contributed by atoms with Gasteiger partial charge < -0.3 is 20.3 Å². The Kier molecular flexibility index (Phi) is 5.38. The number of urea groups is 1. The van der Waals surface area contributed by atoms with E-state index in [9.17, 15) is 4.79 Å². The molecule has 2 heterocycles. The Bertz CT molecular complexity index is 741. The molecule has 0 aliphatic carbocycles. The van der Waals surface area contributed by atoms with Gasteiger partial charge in [0.15, 0.2) is 0 Å². The van der Waals surface area contributed by atoms with Gasteiger partial charge in [0, 0.05) is 17.5 Å². The van der Waals surface area contributed by atoms with Crippen molar-refractivity contribution in [1.29, 1.82) is 0 Å². The van der Waals surface area contributed by atoms with Crippen LogP contribution in [0.1, 0.15) is 31.4 Å². The number of fused-ring (bicyclic) bond motifs is 1. The van der Waals surface area contributed by atoms with Crippen LogP contribution in [0.15, 0.2) is 30.3 Å². The van der Waals surface area contributed by atoms with Crippen LogP contribution >= 0.6 is 0 Å². The second-order valence-electron chi connectivity index (χ2n) is 6.69. The molecule has 2 amide bonds. The van der Waals surface area contributed by atoms with E-state index in [-0.39, 0.29) is 18.1 Å². The fourth-order valence-electron chi connectivity index (χ4n) is 3.29. The largest absolute Gasteiger partial charge is 0.481 e. The number of rotatable bonds is 4. The van der Waals surface area contributed by atoms with Gasteiger partial charge in [-0.25, -0.2) is 9.78 Å². The number of methoxy groups -OCH3 is 1. The van der Waals surface area contributed by atoms with Gasteiger partial charge in [0.2, 0.25) is 5.88 Å². The number of likely N-dealkylation sites (tertiary alicyclic amines) is 1. The van der Waals surface area contributed by atoms with E-state index in [1.807, 2.05) is 37.3 Å². The van der Waals surface area contributed by atoms with Gasteiger partial charge in [0.25, 0.3) is 0 Å². The fraction of sp³-hybridized carbons (Fsp3) is 0.474. The minimum Gasteiger partial charge on any atom is -0.481 e. The van der Waals surface area contributed by atoms with E-state index in [0.717, 1.165) is 42.4 Å². The zero-order valence-corrected chi connectivity index (χ0v) is 15.1. The molecule has 0 bridgehead atoms. The zero-order chi connectivity index (χ0) is 17.8. The normalized spacial score (nSPS) is 17.2. The smallest absolute Gasteiger partial charge is 0.315 e. The van der Waals surface area contributed by atoms with Crippen molar-refractivity contribution in [3.8, 4) is 5.88 Å². The molecule has 25 heavy (non-hydrogen) atoms. The molecular weight excluding hydrogens is 316 g/mol. The number of ether oxygens (including phenoxy) is 1. The van der Waals surface area contributed by atoms with Gasteiger partial charge in [-0.1, -0.05) is 18.2 Å². The van der Waals surface area contributed by atoms with Gasteiger partial charge in [-0.05, 0) is 51.5 Å². The Morgan fingerprint density at radius 3 is 2.76 bits per heavy atom. The van der Waals surface area contributed by atoms with Gasteiger partial charge in [0.05, 0.1) is 18.7 Å². The van der Waals surface area contributed by atoms with Crippen LogP contribution in [-0.4, -0.2) is 49.2 Å². The number of para-hydroxylation sites is 1. The first-order chi connectivity index (χ1) is 12.1. The van der Waals surface area contributed by atoms with Gasteiger partial charge in [0.1, 0.15) is 0 Å². The predicted molar refractivity (Wildman–Crippen MR) is 98.9 cm³/mol. The molecule has 1 aliphatic rings. The molecule has 1 saturated heterocycles. The third kappa shape index (κ3) is 4.20. The summed E-state index contributed by atoms with van der Waals surface area (Å²) < 4.78 is 5.31. The Morgan fingerprint density at radius 1 is 1.32 bits per heavy atom. The van der Waals surface area contributed by atoms with Crippen LogP contribution in [0.25, 0.3) is 10.9 Å². The predicted octanol–water partition coefficient (Wildman–Crippen LogP) is 2.70. The van der Waals surface area contributed by atoms with Gasteiger partial charge in [-0.15, -0.1) is 0 Å². The van der Waals surface area contributed by atoms with Crippen LogP contribution in [0.4, 0.5) is 4.79 Å². The lowest BCUT2D eigenvalue weighted by Crippen LogP contribution is -2.47. The summed E-state index contributed by atoms with van der Waals surface area (Å²) in [5.74, 6) is 0.554. The van der Waals surface area contributed by atoms with E-state index < -0.39 is 0 Å². The summed E-state index contributed by atoms with van der Waals surface area (Å²) in [6.45, 7) is 4.02. The summed E-state index contributed by atoms with van der Waals surface area (Å²) in [5, 5.41) is 7.17. The first-order valence-corrected chi connectivity index (χ1v) is 8.76. The molecule has 134 valence electrons. The fourth-order valence-corrected chi connectivity index (χ4v) is 3.29. The number of pyridine rings is 1. The first-order valence-electron chi connectivity index (χ1n) is 8.76. The Hall–Kier alpha value is -2.34. The van der Waals surface area contributed by atoms with Crippen molar-refractivity contribution in [2.75, 3.05) is 27.2 Å². The Labute approximate surface area is 148 Å². The van der Waals surface area contributed by atoms with Crippen LogP contribution in [0.3, 0.4) is 0 Å². The van der Waals surface area contributed by atoms with E-state index in [0.29, 0.717) is 5.88 Å². The van der Waals surface area contributed by atoms with Crippen LogP contribution in [0, 0.1) is 0 Å². The number of carbonyl (C=O) groups excluding carboxylic acids is 1. The molecule has 6 nitrogen and oxygen atoms in total. The van der Waals surface area contributed by atoms with Crippen LogP contribution < -0.4 is 15.4 Å². The third-order valence-corrected chi connectivity index (χ3v) is 4.80. The maximum absolute atomic E-state index is 12.4. The number of piperidine rings is 1. The lowest BCUT2D eigenvalue weighted by atomic mass is 10.0.